The Morgan fingerprint density at radius 2 is 1.74 bits per heavy atom. The first-order valence-electron chi connectivity index (χ1n) is 7.20. The van der Waals surface area contributed by atoms with Crippen LogP contribution in [0.15, 0.2) is 48.5 Å². The van der Waals surface area contributed by atoms with Crippen LogP contribution >= 0.6 is 0 Å². The molecule has 1 N–H and O–H groups in total. The van der Waals surface area contributed by atoms with E-state index in [4.69, 9.17) is 14.6 Å². The summed E-state index contributed by atoms with van der Waals surface area (Å²) >= 11 is 0. The summed E-state index contributed by atoms with van der Waals surface area (Å²) in [5, 5.41) is 8.67. The van der Waals surface area contributed by atoms with E-state index in [0.717, 1.165) is 11.1 Å². The smallest absolute Gasteiger partial charge is 0.338 e. The fraction of sp³-hybridized carbons (Fsp3) is 0.222. The van der Waals surface area contributed by atoms with Crippen molar-refractivity contribution >= 4 is 11.9 Å². The highest BCUT2D eigenvalue weighted by molar-refractivity contribution is 5.90. The van der Waals surface area contributed by atoms with Crippen LogP contribution in [0.5, 0.6) is 5.75 Å². The normalized spacial score (nSPS) is 10.1. The Labute approximate surface area is 134 Å². The molecule has 0 aliphatic carbocycles. The molecule has 0 bridgehead atoms. The van der Waals surface area contributed by atoms with Crippen molar-refractivity contribution in [3.63, 3.8) is 0 Å². The summed E-state index contributed by atoms with van der Waals surface area (Å²) in [4.78, 5) is 22.2. The van der Waals surface area contributed by atoms with E-state index in [9.17, 15) is 9.59 Å². The minimum absolute atomic E-state index is 0.104. The Balaban J connectivity index is 1.99. The molecular formula is C18H18O5. The second-order valence-electron chi connectivity index (χ2n) is 4.98. The summed E-state index contributed by atoms with van der Waals surface area (Å²) in [6.07, 6.45) is 0.591. The number of benzene rings is 2. The van der Waals surface area contributed by atoms with Crippen LogP contribution in [0.2, 0.25) is 0 Å². The summed E-state index contributed by atoms with van der Waals surface area (Å²) < 4.78 is 10.4. The number of carbonyl (C=O) groups is 2. The fourth-order valence-electron chi connectivity index (χ4n) is 2.12. The zero-order valence-electron chi connectivity index (χ0n) is 12.8. The lowest BCUT2D eigenvalue weighted by atomic mass is 10.1. The molecule has 0 saturated carbocycles. The lowest BCUT2D eigenvalue weighted by molar-refractivity contribution is -0.136. The van der Waals surface area contributed by atoms with Crippen molar-refractivity contribution in [1.29, 1.82) is 0 Å². The maximum Gasteiger partial charge on any atom is 0.338 e. The molecule has 0 spiro atoms. The Bertz CT molecular complexity index is 676. The molecule has 0 atom stereocenters. The van der Waals surface area contributed by atoms with Crippen molar-refractivity contribution in [1.82, 2.24) is 0 Å². The molecule has 0 aliphatic rings. The van der Waals surface area contributed by atoms with E-state index in [2.05, 4.69) is 0 Å². The molecule has 0 amide bonds. The number of hydrogen-bond donors (Lipinski definition) is 1. The predicted octanol–water partition coefficient (Wildman–Crippen LogP) is 3.07. The molecule has 120 valence electrons. The molecule has 0 aliphatic heterocycles. The number of hydrogen-bond acceptors (Lipinski definition) is 4. The Morgan fingerprint density at radius 1 is 1.04 bits per heavy atom. The molecule has 2 aromatic rings. The standard InChI is InChI=1S/C18H18O5/c1-22-18(21)16-5-3-2-4-14(16)12-23-15-9-6-13(7-10-15)8-11-17(19)20/h2-7,9-10H,8,11-12H2,1H3,(H,19,20). The number of carbonyl (C=O) groups excluding carboxylic acids is 1. The van der Waals surface area contributed by atoms with Gasteiger partial charge in [-0.05, 0) is 30.2 Å². The molecule has 0 saturated heterocycles. The van der Waals surface area contributed by atoms with Gasteiger partial charge in [0.2, 0.25) is 0 Å². The van der Waals surface area contributed by atoms with Crippen LogP contribution in [0.25, 0.3) is 0 Å². The van der Waals surface area contributed by atoms with E-state index in [1.807, 2.05) is 24.3 Å². The predicted molar refractivity (Wildman–Crippen MR) is 84.5 cm³/mol. The lowest BCUT2D eigenvalue weighted by Crippen LogP contribution is -2.07. The van der Waals surface area contributed by atoms with Crippen LogP contribution in [0, 0.1) is 0 Å². The lowest BCUT2D eigenvalue weighted by Gasteiger charge is -2.10. The van der Waals surface area contributed by atoms with E-state index in [1.54, 1.807) is 24.3 Å². The topological polar surface area (TPSA) is 72.8 Å². The minimum Gasteiger partial charge on any atom is -0.489 e. The zero-order chi connectivity index (χ0) is 16.7. The summed E-state index contributed by atoms with van der Waals surface area (Å²) in [6.45, 7) is 0.250. The van der Waals surface area contributed by atoms with Crippen molar-refractivity contribution in [3.05, 3.63) is 65.2 Å². The molecule has 2 rings (SSSR count). The highest BCUT2D eigenvalue weighted by Crippen LogP contribution is 2.17. The van der Waals surface area contributed by atoms with Gasteiger partial charge in [0.25, 0.3) is 0 Å². The third-order valence-corrected chi connectivity index (χ3v) is 3.37. The largest absolute Gasteiger partial charge is 0.489 e. The Kier molecular flexibility index (Phi) is 5.74. The van der Waals surface area contributed by atoms with E-state index in [-0.39, 0.29) is 13.0 Å². The number of ether oxygens (including phenoxy) is 2. The fourth-order valence-corrected chi connectivity index (χ4v) is 2.12. The van der Waals surface area contributed by atoms with Gasteiger partial charge in [0.1, 0.15) is 12.4 Å². The molecule has 0 heterocycles. The average molecular weight is 314 g/mol. The van der Waals surface area contributed by atoms with Crippen LogP contribution in [0.4, 0.5) is 0 Å². The van der Waals surface area contributed by atoms with Crippen LogP contribution in [0.3, 0.4) is 0 Å². The molecule has 0 fully saturated rings. The van der Waals surface area contributed by atoms with Gasteiger partial charge in [0, 0.05) is 12.0 Å². The van der Waals surface area contributed by atoms with Crippen molar-refractivity contribution in [2.24, 2.45) is 0 Å². The highest BCUT2D eigenvalue weighted by atomic mass is 16.5. The van der Waals surface area contributed by atoms with Gasteiger partial charge in [-0.3, -0.25) is 4.79 Å². The molecule has 2 aromatic carbocycles. The van der Waals surface area contributed by atoms with Gasteiger partial charge in [-0.25, -0.2) is 4.79 Å². The van der Waals surface area contributed by atoms with Gasteiger partial charge in [0.15, 0.2) is 0 Å². The van der Waals surface area contributed by atoms with Gasteiger partial charge >= 0.3 is 11.9 Å². The minimum atomic E-state index is -0.815. The maximum atomic E-state index is 11.7. The third-order valence-electron chi connectivity index (χ3n) is 3.37. The molecule has 5 nitrogen and oxygen atoms in total. The van der Waals surface area contributed by atoms with E-state index in [0.29, 0.717) is 17.7 Å². The van der Waals surface area contributed by atoms with Gasteiger partial charge in [-0.15, -0.1) is 0 Å². The van der Waals surface area contributed by atoms with Crippen LogP contribution in [-0.4, -0.2) is 24.2 Å². The molecule has 0 radical (unpaired) electrons. The molecule has 0 unspecified atom stereocenters. The van der Waals surface area contributed by atoms with E-state index in [1.165, 1.54) is 7.11 Å². The SMILES string of the molecule is COC(=O)c1ccccc1COc1ccc(CCC(=O)O)cc1. The quantitative estimate of drug-likeness (QED) is 0.795. The third kappa shape index (κ3) is 4.85. The van der Waals surface area contributed by atoms with Gasteiger partial charge < -0.3 is 14.6 Å². The number of rotatable bonds is 7. The van der Waals surface area contributed by atoms with Gasteiger partial charge in [-0.2, -0.15) is 0 Å². The van der Waals surface area contributed by atoms with Crippen molar-refractivity contribution in [3.8, 4) is 5.75 Å². The summed E-state index contributed by atoms with van der Waals surface area (Å²) in [5.74, 6) is -0.554. The number of methoxy groups -OCH3 is 1. The molecular weight excluding hydrogens is 296 g/mol. The first kappa shape index (κ1) is 16.5. The summed E-state index contributed by atoms with van der Waals surface area (Å²) in [7, 11) is 1.34. The highest BCUT2D eigenvalue weighted by Gasteiger charge is 2.11. The summed E-state index contributed by atoms with van der Waals surface area (Å²) in [6, 6.07) is 14.4. The van der Waals surface area contributed by atoms with E-state index < -0.39 is 11.9 Å². The van der Waals surface area contributed by atoms with Crippen LogP contribution in [0.1, 0.15) is 27.9 Å². The first-order valence-corrected chi connectivity index (χ1v) is 7.20. The number of esters is 1. The molecule has 5 heteroatoms. The van der Waals surface area contributed by atoms with Crippen LogP contribution < -0.4 is 4.74 Å². The molecule has 0 aromatic heterocycles. The monoisotopic (exact) mass is 314 g/mol. The number of aliphatic carboxylic acids is 1. The summed E-state index contributed by atoms with van der Waals surface area (Å²) in [5.41, 5.74) is 2.16. The van der Waals surface area contributed by atoms with Crippen molar-refractivity contribution < 1.29 is 24.2 Å². The Hall–Kier alpha value is -2.82. The van der Waals surface area contributed by atoms with E-state index >= 15 is 0 Å². The van der Waals surface area contributed by atoms with Crippen LogP contribution in [-0.2, 0) is 22.6 Å². The Morgan fingerprint density at radius 3 is 2.39 bits per heavy atom. The number of aryl methyl sites for hydroxylation is 1. The van der Waals surface area contributed by atoms with Gasteiger partial charge in [-0.1, -0.05) is 30.3 Å². The average Bonchev–Trinajstić information content (AvgIpc) is 2.58. The van der Waals surface area contributed by atoms with Crippen molar-refractivity contribution in [2.45, 2.75) is 19.4 Å². The van der Waals surface area contributed by atoms with Gasteiger partial charge in [0.05, 0.1) is 12.7 Å². The maximum absolute atomic E-state index is 11.7. The second-order valence-corrected chi connectivity index (χ2v) is 4.98. The second kappa shape index (κ2) is 7.98. The molecule has 23 heavy (non-hydrogen) atoms. The first-order chi connectivity index (χ1) is 11.1. The number of carboxylic acids is 1. The number of carboxylic acid groups (broad SMARTS) is 1. The zero-order valence-corrected chi connectivity index (χ0v) is 12.8. The van der Waals surface area contributed by atoms with Crippen molar-refractivity contribution in [2.75, 3.05) is 7.11 Å².